The van der Waals surface area contributed by atoms with Gasteiger partial charge in [0.1, 0.15) is 4.88 Å². The molecule has 0 aliphatic heterocycles. The van der Waals surface area contributed by atoms with E-state index in [1.54, 1.807) is 13.0 Å². The summed E-state index contributed by atoms with van der Waals surface area (Å²) in [7, 11) is 0. The van der Waals surface area contributed by atoms with Gasteiger partial charge in [0.25, 0.3) is 5.91 Å². The van der Waals surface area contributed by atoms with E-state index in [-0.39, 0.29) is 11.4 Å². The van der Waals surface area contributed by atoms with E-state index in [9.17, 15) is 9.59 Å². The Morgan fingerprint density at radius 3 is 2.78 bits per heavy atom. The Balaban J connectivity index is 2.24. The molecule has 0 atom stereocenters. The second kappa shape index (κ2) is 4.92. The molecule has 2 heterocycles. The van der Waals surface area contributed by atoms with Crippen LogP contribution in [-0.4, -0.2) is 27.0 Å². The number of carboxylic acids is 1. The number of carbonyl (C=O) groups excluding carboxylic acids is 1. The largest absolute Gasteiger partial charge is 0.476 e. The predicted octanol–water partition coefficient (Wildman–Crippen LogP) is 1.80. The summed E-state index contributed by atoms with van der Waals surface area (Å²) in [5.74, 6) is -1.58. The number of aryl methyl sites for hydroxylation is 1. The fraction of sp³-hybridized carbons (Fsp3) is 0.0909. The van der Waals surface area contributed by atoms with Crippen LogP contribution in [0, 0.1) is 6.92 Å². The summed E-state index contributed by atoms with van der Waals surface area (Å²) < 4.78 is 0. The minimum absolute atomic E-state index is 0.168. The van der Waals surface area contributed by atoms with Crippen LogP contribution in [0.15, 0.2) is 24.5 Å². The van der Waals surface area contributed by atoms with Gasteiger partial charge >= 0.3 is 5.97 Å². The topological polar surface area (TPSA) is 92.2 Å². The van der Waals surface area contributed by atoms with E-state index >= 15 is 0 Å². The normalized spacial score (nSPS) is 10.1. The van der Waals surface area contributed by atoms with E-state index in [2.05, 4.69) is 15.3 Å². The molecule has 0 aliphatic carbocycles. The third-order valence-corrected chi connectivity index (χ3v) is 3.02. The standard InChI is InChI=1S/C11H9N3O3S/c1-6-13-5-8(18-6)10(15)14-7-3-2-4-12-9(7)11(16)17/h2-5H,1H3,(H,14,15)(H,16,17). The first kappa shape index (κ1) is 12.2. The van der Waals surface area contributed by atoms with Crippen molar-refractivity contribution in [1.82, 2.24) is 9.97 Å². The Bertz CT molecular complexity index is 609. The van der Waals surface area contributed by atoms with Crippen LogP contribution < -0.4 is 5.32 Å². The van der Waals surface area contributed by atoms with Crippen LogP contribution in [0.2, 0.25) is 0 Å². The summed E-state index contributed by atoms with van der Waals surface area (Å²) >= 11 is 1.24. The zero-order valence-electron chi connectivity index (χ0n) is 9.38. The van der Waals surface area contributed by atoms with Crippen molar-refractivity contribution >= 4 is 28.9 Å². The van der Waals surface area contributed by atoms with Crippen molar-refractivity contribution in [3.63, 3.8) is 0 Å². The maximum absolute atomic E-state index is 11.8. The molecule has 0 aliphatic rings. The van der Waals surface area contributed by atoms with Crippen molar-refractivity contribution in [2.75, 3.05) is 5.32 Å². The average molecular weight is 263 g/mol. The first-order chi connectivity index (χ1) is 8.58. The van der Waals surface area contributed by atoms with Crippen LogP contribution >= 0.6 is 11.3 Å². The van der Waals surface area contributed by atoms with Gasteiger partial charge in [-0.05, 0) is 19.1 Å². The molecule has 2 aromatic rings. The SMILES string of the molecule is Cc1ncc(C(=O)Nc2cccnc2C(=O)O)s1. The Morgan fingerprint density at radius 1 is 1.39 bits per heavy atom. The maximum Gasteiger partial charge on any atom is 0.356 e. The van der Waals surface area contributed by atoms with Crippen molar-refractivity contribution in [1.29, 1.82) is 0 Å². The third-order valence-electron chi connectivity index (χ3n) is 2.10. The Morgan fingerprint density at radius 2 is 2.17 bits per heavy atom. The molecule has 2 aromatic heterocycles. The van der Waals surface area contributed by atoms with Gasteiger partial charge < -0.3 is 10.4 Å². The molecule has 2 rings (SSSR count). The maximum atomic E-state index is 11.8. The van der Waals surface area contributed by atoms with Crippen molar-refractivity contribution < 1.29 is 14.7 Å². The number of carboxylic acid groups (broad SMARTS) is 1. The van der Waals surface area contributed by atoms with Gasteiger partial charge in [-0.15, -0.1) is 11.3 Å². The van der Waals surface area contributed by atoms with Crippen LogP contribution in [0.3, 0.4) is 0 Å². The Kier molecular flexibility index (Phi) is 3.33. The second-order valence-corrected chi connectivity index (χ2v) is 4.64. The summed E-state index contributed by atoms with van der Waals surface area (Å²) in [5, 5.41) is 12.2. The van der Waals surface area contributed by atoms with E-state index in [4.69, 9.17) is 5.11 Å². The van der Waals surface area contributed by atoms with Crippen LogP contribution in [-0.2, 0) is 0 Å². The van der Waals surface area contributed by atoms with Crippen molar-refractivity contribution in [3.8, 4) is 0 Å². The lowest BCUT2D eigenvalue weighted by atomic mass is 10.3. The van der Waals surface area contributed by atoms with Gasteiger partial charge in [0.15, 0.2) is 5.69 Å². The average Bonchev–Trinajstić information content (AvgIpc) is 2.76. The number of amides is 1. The Hall–Kier alpha value is -2.28. The highest BCUT2D eigenvalue weighted by atomic mass is 32.1. The zero-order valence-corrected chi connectivity index (χ0v) is 10.2. The fourth-order valence-corrected chi connectivity index (χ4v) is 2.00. The van der Waals surface area contributed by atoms with Gasteiger partial charge in [0, 0.05) is 6.20 Å². The highest BCUT2D eigenvalue weighted by Gasteiger charge is 2.15. The summed E-state index contributed by atoms with van der Waals surface area (Å²) in [6, 6.07) is 3.04. The lowest BCUT2D eigenvalue weighted by molar-refractivity contribution is 0.0692. The van der Waals surface area contributed by atoms with Gasteiger partial charge in [0.2, 0.25) is 0 Å². The van der Waals surface area contributed by atoms with Gasteiger partial charge in [-0.1, -0.05) is 0 Å². The Labute approximate surface area is 106 Å². The molecule has 0 saturated carbocycles. The monoisotopic (exact) mass is 263 g/mol. The number of nitrogens with zero attached hydrogens (tertiary/aromatic N) is 2. The lowest BCUT2D eigenvalue weighted by Gasteiger charge is -2.05. The highest BCUT2D eigenvalue weighted by Crippen LogP contribution is 2.16. The molecular weight excluding hydrogens is 254 g/mol. The van der Waals surface area contributed by atoms with Gasteiger partial charge in [0.05, 0.1) is 16.9 Å². The summed E-state index contributed by atoms with van der Waals surface area (Å²) in [5.41, 5.74) is -0.0202. The molecule has 0 fully saturated rings. The highest BCUT2D eigenvalue weighted by molar-refractivity contribution is 7.13. The van der Waals surface area contributed by atoms with Crippen molar-refractivity contribution in [2.45, 2.75) is 6.92 Å². The van der Waals surface area contributed by atoms with Gasteiger partial charge in [-0.25, -0.2) is 14.8 Å². The number of thiazole rings is 1. The minimum atomic E-state index is -1.19. The number of aromatic carboxylic acids is 1. The molecule has 0 aromatic carbocycles. The quantitative estimate of drug-likeness (QED) is 0.880. The zero-order chi connectivity index (χ0) is 13.1. The van der Waals surface area contributed by atoms with E-state index in [0.29, 0.717) is 4.88 Å². The second-order valence-electron chi connectivity index (χ2n) is 3.40. The third kappa shape index (κ3) is 2.51. The first-order valence-electron chi connectivity index (χ1n) is 5.00. The number of pyridine rings is 1. The number of rotatable bonds is 3. The summed E-state index contributed by atoms with van der Waals surface area (Å²) in [4.78, 5) is 30.9. The number of hydrogen-bond acceptors (Lipinski definition) is 5. The molecule has 2 N–H and O–H groups in total. The summed E-state index contributed by atoms with van der Waals surface area (Å²) in [6.07, 6.45) is 2.81. The first-order valence-corrected chi connectivity index (χ1v) is 5.81. The molecule has 1 amide bonds. The lowest BCUT2D eigenvalue weighted by Crippen LogP contribution is -2.14. The molecule has 92 valence electrons. The number of nitrogens with one attached hydrogen (secondary N) is 1. The molecule has 0 bridgehead atoms. The number of aromatic nitrogens is 2. The van der Waals surface area contributed by atoms with Crippen molar-refractivity contribution in [2.24, 2.45) is 0 Å². The molecular formula is C11H9N3O3S. The molecule has 0 radical (unpaired) electrons. The fourth-order valence-electron chi connectivity index (χ4n) is 1.33. The van der Waals surface area contributed by atoms with E-state index < -0.39 is 11.9 Å². The van der Waals surface area contributed by atoms with Gasteiger partial charge in [-0.2, -0.15) is 0 Å². The molecule has 0 unspecified atom stereocenters. The molecule has 7 heteroatoms. The molecule has 6 nitrogen and oxygen atoms in total. The number of hydrogen-bond donors (Lipinski definition) is 2. The number of carbonyl (C=O) groups is 2. The van der Waals surface area contributed by atoms with Crippen LogP contribution in [0.5, 0.6) is 0 Å². The minimum Gasteiger partial charge on any atom is -0.476 e. The van der Waals surface area contributed by atoms with E-state index in [1.165, 1.54) is 29.8 Å². The molecule has 0 spiro atoms. The molecule has 0 saturated heterocycles. The van der Waals surface area contributed by atoms with E-state index in [1.807, 2.05) is 0 Å². The number of anilines is 1. The van der Waals surface area contributed by atoms with E-state index in [0.717, 1.165) is 5.01 Å². The predicted molar refractivity (Wildman–Crippen MR) is 66.0 cm³/mol. The summed E-state index contributed by atoms with van der Waals surface area (Å²) in [6.45, 7) is 1.79. The van der Waals surface area contributed by atoms with Crippen LogP contribution in [0.1, 0.15) is 25.2 Å². The van der Waals surface area contributed by atoms with Crippen molar-refractivity contribution in [3.05, 3.63) is 40.1 Å². The van der Waals surface area contributed by atoms with Crippen LogP contribution in [0.4, 0.5) is 5.69 Å². The molecule has 18 heavy (non-hydrogen) atoms. The smallest absolute Gasteiger partial charge is 0.356 e. The van der Waals surface area contributed by atoms with Crippen LogP contribution in [0.25, 0.3) is 0 Å². The van der Waals surface area contributed by atoms with Gasteiger partial charge in [-0.3, -0.25) is 4.79 Å².